The van der Waals surface area contributed by atoms with E-state index in [1.807, 2.05) is 0 Å². The van der Waals surface area contributed by atoms with Crippen molar-refractivity contribution in [3.8, 4) is 5.75 Å². The average Bonchev–Trinajstić information content (AvgIpc) is 2.27. The summed E-state index contributed by atoms with van der Waals surface area (Å²) >= 11 is 0. The second-order valence-corrected chi connectivity index (χ2v) is 5.52. The molecule has 0 saturated carbocycles. The van der Waals surface area contributed by atoms with Gasteiger partial charge in [0.05, 0.1) is 12.5 Å². The van der Waals surface area contributed by atoms with Gasteiger partial charge in [-0.2, -0.15) is 0 Å². The first-order valence-electron chi connectivity index (χ1n) is 4.73. The Morgan fingerprint density at radius 3 is 2.59 bits per heavy atom. The summed E-state index contributed by atoms with van der Waals surface area (Å²) in [4.78, 5) is 11.6. The highest BCUT2D eigenvalue weighted by Crippen LogP contribution is 2.24. The summed E-state index contributed by atoms with van der Waals surface area (Å²) < 4.78 is 32.9. The highest BCUT2D eigenvalue weighted by Gasteiger charge is 2.17. The molecule has 0 spiro atoms. The van der Waals surface area contributed by atoms with Gasteiger partial charge >= 0.3 is 0 Å². The Balaban J connectivity index is 2.92. The maximum Gasteiger partial charge on any atom is 0.211 e. The van der Waals surface area contributed by atoms with Crippen LogP contribution in [-0.4, -0.2) is 21.8 Å². The van der Waals surface area contributed by atoms with E-state index in [2.05, 4.69) is 0 Å². The number of sulfone groups is 1. The molecule has 1 heterocycles. The Bertz CT molecular complexity index is 727. The van der Waals surface area contributed by atoms with Crippen molar-refractivity contribution in [3.63, 3.8) is 0 Å². The number of para-hydroxylation sites is 1. The van der Waals surface area contributed by atoms with Gasteiger partial charge in [-0.3, -0.25) is 4.79 Å². The fraction of sp³-hybridized carbons (Fsp3) is 0.182. The van der Waals surface area contributed by atoms with E-state index in [0.717, 1.165) is 12.5 Å². The summed E-state index contributed by atoms with van der Waals surface area (Å²) in [5.41, 5.74) is -0.333. The summed E-state index contributed by atoms with van der Waals surface area (Å²) in [5, 5.41) is 0.187. The van der Waals surface area contributed by atoms with Gasteiger partial charge in [0.15, 0.2) is 21.2 Å². The van der Waals surface area contributed by atoms with Gasteiger partial charge in [0.1, 0.15) is 11.2 Å². The lowest BCUT2D eigenvalue weighted by Gasteiger charge is -2.04. The van der Waals surface area contributed by atoms with E-state index in [-0.39, 0.29) is 15.9 Å². The van der Waals surface area contributed by atoms with E-state index in [9.17, 15) is 13.2 Å². The van der Waals surface area contributed by atoms with Crippen molar-refractivity contribution in [3.05, 3.63) is 34.7 Å². The van der Waals surface area contributed by atoms with E-state index in [1.54, 1.807) is 12.1 Å². The van der Waals surface area contributed by atoms with Gasteiger partial charge < -0.3 is 9.15 Å². The summed E-state index contributed by atoms with van der Waals surface area (Å²) in [7, 11) is -2.15. The zero-order chi connectivity index (χ0) is 12.6. The number of benzene rings is 1. The number of rotatable bonds is 2. The molecule has 0 amide bonds. The van der Waals surface area contributed by atoms with Crippen LogP contribution in [0.15, 0.2) is 38.6 Å². The minimum atomic E-state index is -3.59. The SMILES string of the molecule is COc1cccc2c(=O)c(S(C)(=O)=O)coc12. The van der Waals surface area contributed by atoms with Gasteiger partial charge in [-0.15, -0.1) is 0 Å². The first kappa shape index (κ1) is 11.7. The van der Waals surface area contributed by atoms with Crippen LogP contribution in [0.3, 0.4) is 0 Å². The highest BCUT2D eigenvalue weighted by atomic mass is 32.2. The maximum absolute atomic E-state index is 11.9. The Labute approximate surface area is 97.5 Å². The van der Waals surface area contributed by atoms with Crippen molar-refractivity contribution in [1.29, 1.82) is 0 Å². The van der Waals surface area contributed by atoms with Crippen molar-refractivity contribution in [1.82, 2.24) is 0 Å². The molecule has 17 heavy (non-hydrogen) atoms. The Morgan fingerprint density at radius 2 is 2.00 bits per heavy atom. The molecule has 6 heteroatoms. The average molecular weight is 254 g/mol. The fourth-order valence-corrected chi connectivity index (χ4v) is 2.20. The number of ether oxygens (including phenoxy) is 1. The van der Waals surface area contributed by atoms with Crippen LogP contribution in [0.4, 0.5) is 0 Å². The molecule has 0 unspecified atom stereocenters. The third-order valence-corrected chi connectivity index (χ3v) is 3.43. The predicted octanol–water partition coefficient (Wildman–Crippen LogP) is 1.21. The van der Waals surface area contributed by atoms with E-state index in [0.29, 0.717) is 5.75 Å². The molecule has 0 atom stereocenters. The van der Waals surface area contributed by atoms with Crippen LogP contribution in [0.25, 0.3) is 11.0 Å². The summed E-state index contributed by atoms with van der Waals surface area (Å²) in [6.45, 7) is 0. The Kier molecular flexibility index (Phi) is 2.66. The van der Waals surface area contributed by atoms with Crippen LogP contribution in [-0.2, 0) is 9.84 Å². The molecule has 0 radical (unpaired) electrons. The number of hydrogen-bond acceptors (Lipinski definition) is 5. The van der Waals surface area contributed by atoms with Crippen molar-refractivity contribution in [2.24, 2.45) is 0 Å². The number of hydrogen-bond donors (Lipinski definition) is 0. The van der Waals surface area contributed by atoms with Crippen LogP contribution < -0.4 is 10.2 Å². The van der Waals surface area contributed by atoms with E-state index in [4.69, 9.17) is 9.15 Å². The zero-order valence-electron chi connectivity index (χ0n) is 9.26. The summed E-state index contributed by atoms with van der Waals surface area (Å²) in [6, 6.07) is 4.73. The van der Waals surface area contributed by atoms with E-state index in [1.165, 1.54) is 13.2 Å². The smallest absolute Gasteiger partial charge is 0.211 e. The van der Waals surface area contributed by atoms with E-state index >= 15 is 0 Å². The molecule has 2 aromatic rings. The maximum atomic E-state index is 11.9. The quantitative estimate of drug-likeness (QED) is 0.805. The first-order chi connectivity index (χ1) is 7.95. The van der Waals surface area contributed by atoms with Crippen LogP contribution in [0.5, 0.6) is 5.75 Å². The molecule has 90 valence electrons. The topological polar surface area (TPSA) is 73.6 Å². The Morgan fingerprint density at radius 1 is 1.29 bits per heavy atom. The number of methoxy groups -OCH3 is 1. The molecular formula is C11H10O5S. The molecule has 0 aliphatic carbocycles. The molecule has 0 aliphatic rings. The van der Waals surface area contributed by atoms with Gasteiger partial charge in [0.2, 0.25) is 5.43 Å². The molecule has 0 N–H and O–H groups in total. The Hall–Kier alpha value is -1.82. The van der Waals surface area contributed by atoms with Crippen LogP contribution in [0.1, 0.15) is 0 Å². The minimum absolute atomic E-state index is 0.187. The van der Waals surface area contributed by atoms with Crippen LogP contribution in [0, 0.1) is 0 Å². The molecule has 1 aromatic carbocycles. The van der Waals surface area contributed by atoms with E-state index < -0.39 is 15.3 Å². The number of fused-ring (bicyclic) bond motifs is 1. The zero-order valence-corrected chi connectivity index (χ0v) is 10.1. The van der Waals surface area contributed by atoms with Crippen molar-refractivity contribution < 1.29 is 17.6 Å². The lowest BCUT2D eigenvalue weighted by molar-refractivity contribution is 0.408. The molecule has 1 aromatic heterocycles. The van der Waals surface area contributed by atoms with Gasteiger partial charge in [-0.25, -0.2) is 8.42 Å². The van der Waals surface area contributed by atoms with Crippen molar-refractivity contribution in [2.45, 2.75) is 4.90 Å². The van der Waals surface area contributed by atoms with Gasteiger partial charge in [0.25, 0.3) is 0 Å². The minimum Gasteiger partial charge on any atom is -0.493 e. The first-order valence-corrected chi connectivity index (χ1v) is 6.63. The molecule has 0 saturated heterocycles. The van der Waals surface area contributed by atoms with Crippen LogP contribution >= 0.6 is 0 Å². The van der Waals surface area contributed by atoms with Crippen molar-refractivity contribution in [2.75, 3.05) is 13.4 Å². The highest BCUT2D eigenvalue weighted by molar-refractivity contribution is 7.90. The third-order valence-electron chi connectivity index (χ3n) is 2.35. The monoisotopic (exact) mass is 254 g/mol. The summed E-state index contributed by atoms with van der Waals surface area (Å²) in [5.74, 6) is 0.389. The molecular weight excluding hydrogens is 244 g/mol. The second-order valence-electron chi connectivity index (χ2n) is 3.54. The normalized spacial score (nSPS) is 11.6. The largest absolute Gasteiger partial charge is 0.493 e. The third kappa shape index (κ3) is 1.91. The van der Waals surface area contributed by atoms with Crippen LogP contribution in [0.2, 0.25) is 0 Å². The molecule has 0 bridgehead atoms. The second kappa shape index (κ2) is 3.89. The standard InChI is InChI=1S/C11H10O5S/c1-15-8-5-3-4-7-10(12)9(17(2,13)14)6-16-11(7)8/h3-6H,1-2H3. The summed E-state index contributed by atoms with van der Waals surface area (Å²) in [6.07, 6.45) is 1.91. The molecule has 2 rings (SSSR count). The molecule has 0 aliphatic heterocycles. The van der Waals surface area contributed by atoms with Gasteiger partial charge in [-0.1, -0.05) is 6.07 Å². The lowest BCUT2D eigenvalue weighted by Crippen LogP contribution is -2.13. The predicted molar refractivity (Wildman–Crippen MR) is 62.1 cm³/mol. The fourth-order valence-electron chi connectivity index (χ4n) is 1.53. The van der Waals surface area contributed by atoms with Crippen molar-refractivity contribution >= 4 is 20.8 Å². The lowest BCUT2D eigenvalue weighted by atomic mass is 10.2. The van der Waals surface area contributed by atoms with Gasteiger partial charge in [0, 0.05) is 6.26 Å². The molecule has 5 nitrogen and oxygen atoms in total. The molecule has 0 fully saturated rings. The van der Waals surface area contributed by atoms with Gasteiger partial charge in [-0.05, 0) is 12.1 Å².